The van der Waals surface area contributed by atoms with E-state index in [-0.39, 0.29) is 6.61 Å². The predicted molar refractivity (Wildman–Crippen MR) is 109 cm³/mol. The molecule has 0 saturated heterocycles. The molecule has 2 aromatic rings. The van der Waals surface area contributed by atoms with Crippen molar-refractivity contribution in [2.45, 2.75) is 46.1 Å². The highest BCUT2D eigenvalue weighted by molar-refractivity contribution is 7.17. The largest absolute Gasteiger partial charge is 0.462 e. The van der Waals surface area contributed by atoms with E-state index in [0.29, 0.717) is 21.4 Å². The summed E-state index contributed by atoms with van der Waals surface area (Å²) >= 11 is 2.66. The first-order valence-corrected chi connectivity index (χ1v) is 11.0. The zero-order chi connectivity index (χ0) is 20.3. The Balaban J connectivity index is 1.77. The zero-order valence-electron chi connectivity index (χ0n) is 16.1. The monoisotopic (exact) mass is 421 g/mol. The van der Waals surface area contributed by atoms with Crippen molar-refractivity contribution in [2.75, 3.05) is 11.9 Å². The Hall–Kier alpha value is -2.19. The molecule has 2 heterocycles. The Morgan fingerprint density at radius 2 is 2.11 bits per heavy atom. The quantitative estimate of drug-likeness (QED) is 0.704. The molecule has 2 atom stereocenters. The van der Waals surface area contributed by atoms with E-state index in [0.717, 1.165) is 29.7 Å². The van der Waals surface area contributed by atoms with Crippen molar-refractivity contribution in [3.05, 3.63) is 38.4 Å². The number of esters is 2. The van der Waals surface area contributed by atoms with Crippen LogP contribution in [0.5, 0.6) is 0 Å². The van der Waals surface area contributed by atoms with Gasteiger partial charge in [0, 0.05) is 4.88 Å². The smallest absolute Gasteiger partial charge is 0.349 e. The molecule has 150 valence electrons. The summed E-state index contributed by atoms with van der Waals surface area (Å²) in [6, 6.07) is 3.39. The van der Waals surface area contributed by atoms with Crippen LogP contribution in [0.3, 0.4) is 0 Å². The molecule has 3 rings (SSSR count). The Bertz CT molecular complexity index is 872. The van der Waals surface area contributed by atoms with Gasteiger partial charge in [-0.15, -0.1) is 22.7 Å². The van der Waals surface area contributed by atoms with Crippen molar-refractivity contribution >= 4 is 45.5 Å². The van der Waals surface area contributed by atoms with E-state index in [1.54, 1.807) is 24.4 Å². The summed E-state index contributed by atoms with van der Waals surface area (Å²) in [7, 11) is 0. The summed E-state index contributed by atoms with van der Waals surface area (Å²) in [5, 5.41) is 5.02. The van der Waals surface area contributed by atoms with E-state index in [1.807, 2.05) is 0 Å². The minimum atomic E-state index is -0.984. The highest BCUT2D eigenvalue weighted by Gasteiger charge is 2.30. The minimum absolute atomic E-state index is 0.266. The summed E-state index contributed by atoms with van der Waals surface area (Å²) in [6.07, 6.45) is 1.69. The number of nitrogens with one attached hydrogen (secondary N) is 1. The number of hydrogen-bond acceptors (Lipinski definition) is 7. The van der Waals surface area contributed by atoms with Crippen molar-refractivity contribution in [1.82, 2.24) is 0 Å². The van der Waals surface area contributed by atoms with E-state index >= 15 is 0 Å². The normalized spacial score (nSPS) is 16.8. The maximum Gasteiger partial charge on any atom is 0.349 e. The molecule has 1 amide bonds. The number of ether oxygens (including phenoxy) is 2. The van der Waals surface area contributed by atoms with Crippen molar-refractivity contribution in [3.63, 3.8) is 0 Å². The van der Waals surface area contributed by atoms with Crippen LogP contribution in [0.1, 0.15) is 57.7 Å². The second-order valence-corrected chi connectivity index (χ2v) is 8.84. The Labute approximate surface area is 171 Å². The maximum atomic E-state index is 12.6. The van der Waals surface area contributed by atoms with Gasteiger partial charge in [-0.25, -0.2) is 9.59 Å². The van der Waals surface area contributed by atoms with Gasteiger partial charge in [-0.05, 0) is 56.0 Å². The van der Waals surface area contributed by atoms with Crippen LogP contribution >= 0.6 is 22.7 Å². The second kappa shape index (κ2) is 8.87. The van der Waals surface area contributed by atoms with Crippen molar-refractivity contribution < 1.29 is 23.9 Å². The van der Waals surface area contributed by atoms with Crippen molar-refractivity contribution in [1.29, 1.82) is 0 Å². The summed E-state index contributed by atoms with van der Waals surface area (Å²) in [6.45, 7) is 5.71. The van der Waals surface area contributed by atoms with Gasteiger partial charge in [0.15, 0.2) is 6.10 Å². The number of hydrogen-bond donors (Lipinski definition) is 1. The average Bonchev–Trinajstić information content (AvgIpc) is 3.29. The summed E-state index contributed by atoms with van der Waals surface area (Å²) < 4.78 is 10.5. The zero-order valence-corrected chi connectivity index (χ0v) is 17.7. The van der Waals surface area contributed by atoms with Gasteiger partial charge in [0.2, 0.25) is 0 Å². The van der Waals surface area contributed by atoms with Gasteiger partial charge in [-0.2, -0.15) is 0 Å². The third-order valence-corrected chi connectivity index (χ3v) is 6.62. The maximum absolute atomic E-state index is 12.6. The standard InChI is InChI=1S/C20H23NO5S2/c1-4-25-20(24)16-13-8-7-11(2)10-15(13)28-18(16)21-17(22)12(3)26-19(23)14-6-5-9-27-14/h5-6,9,11-12H,4,7-8,10H2,1-3H3,(H,21,22). The Kier molecular flexibility index (Phi) is 6.51. The van der Waals surface area contributed by atoms with Crippen LogP contribution in [0.15, 0.2) is 17.5 Å². The number of fused-ring (bicyclic) bond motifs is 1. The third-order valence-electron chi connectivity index (χ3n) is 4.60. The second-order valence-electron chi connectivity index (χ2n) is 6.79. The molecule has 0 radical (unpaired) electrons. The van der Waals surface area contributed by atoms with Gasteiger partial charge in [0.1, 0.15) is 9.88 Å². The molecule has 1 N–H and O–H groups in total. The van der Waals surface area contributed by atoms with Crippen LogP contribution in [-0.4, -0.2) is 30.6 Å². The van der Waals surface area contributed by atoms with E-state index in [2.05, 4.69) is 12.2 Å². The first-order valence-electron chi connectivity index (χ1n) is 9.27. The van der Waals surface area contributed by atoms with E-state index < -0.39 is 23.9 Å². The molecule has 8 heteroatoms. The number of carbonyl (C=O) groups excluding carboxylic acids is 3. The minimum Gasteiger partial charge on any atom is -0.462 e. The van der Waals surface area contributed by atoms with Crippen LogP contribution in [0.2, 0.25) is 0 Å². The molecule has 2 aromatic heterocycles. The average molecular weight is 422 g/mol. The Morgan fingerprint density at radius 3 is 2.79 bits per heavy atom. The van der Waals surface area contributed by atoms with Gasteiger partial charge in [-0.1, -0.05) is 13.0 Å². The number of anilines is 1. The molecule has 0 aliphatic heterocycles. The van der Waals surface area contributed by atoms with Gasteiger partial charge in [0.25, 0.3) is 5.91 Å². The lowest BCUT2D eigenvalue weighted by atomic mass is 9.88. The molecule has 0 bridgehead atoms. The highest BCUT2D eigenvalue weighted by Crippen LogP contribution is 2.40. The van der Waals surface area contributed by atoms with Crippen LogP contribution in [-0.2, 0) is 27.1 Å². The van der Waals surface area contributed by atoms with Crippen LogP contribution < -0.4 is 5.32 Å². The van der Waals surface area contributed by atoms with Gasteiger partial charge in [0.05, 0.1) is 12.2 Å². The first kappa shape index (κ1) is 20.5. The fourth-order valence-electron chi connectivity index (χ4n) is 3.14. The van der Waals surface area contributed by atoms with Gasteiger partial charge >= 0.3 is 11.9 Å². The lowest BCUT2D eigenvalue weighted by Gasteiger charge is -2.18. The number of amides is 1. The first-order chi connectivity index (χ1) is 13.4. The van der Waals surface area contributed by atoms with E-state index in [9.17, 15) is 14.4 Å². The topological polar surface area (TPSA) is 81.7 Å². The van der Waals surface area contributed by atoms with Crippen molar-refractivity contribution in [3.8, 4) is 0 Å². The predicted octanol–water partition coefficient (Wildman–Crippen LogP) is 4.30. The molecule has 2 unspecified atom stereocenters. The molecule has 0 spiro atoms. The molecule has 28 heavy (non-hydrogen) atoms. The number of carbonyl (C=O) groups is 3. The van der Waals surface area contributed by atoms with Gasteiger partial charge in [-0.3, -0.25) is 4.79 Å². The molecule has 1 aliphatic carbocycles. The lowest BCUT2D eigenvalue weighted by Crippen LogP contribution is -2.30. The Morgan fingerprint density at radius 1 is 1.32 bits per heavy atom. The highest BCUT2D eigenvalue weighted by atomic mass is 32.1. The molecule has 6 nitrogen and oxygen atoms in total. The van der Waals surface area contributed by atoms with Crippen molar-refractivity contribution in [2.24, 2.45) is 5.92 Å². The lowest BCUT2D eigenvalue weighted by molar-refractivity contribution is -0.123. The van der Waals surface area contributed by atoms with Crippen LogP contribution in [0.25, 0.3) is 0 Å². The molecule has 0 saturated carbocycles. The molecular formula is C20H23NO5S2. The van der Waals surface area contributed by atoms with Crippen LogP contribution in [0.4, 0.5) is 5.00 Å². The molecule has 0 aromatic carbocycles. The van der Waals surface area contributed by atoms with Gasteiger partial charge < -0.3 is 14.8 Å². The summed E-state index contributed by atoms with van der Waals surface area (Å²) in [5.74, 6) is -0.895. The third kappa shape index (κ3) is 4.44. The molecular weight excluding hydrogens is 398 g/mol. The molecule has 0 fully saturated rings. The summed E-state index contributed by atoms with van der Waals surface area (Å²) in [5.41, 5.74) is 1.42. The fraction of sp³-hybridized carbons (Fsp3) is 0.450. The fourth-order valence-corrected chi connectivity index (χ4v) is 5.15. The SMILES string of the molecule is CCOC(=O)c1c(NC(=O)C(C)OC(=O)c2cccs2)sc2c1CCC(C)C2. The number of thiophene rings is 2. The van der Waals surface area contributed by atoms with Crippen LogP contribution in [0, 0.1) is 5.92 Å². The van der Waals surface area contributed by atoms with E-state index in [1.165, 1.54) is 29.6 Å². The van der Waals surface area contributed by atoms with E-state index in [4.69, 9.17) is 9.47 Å². The number of rotatable bonds is 6. The summed E-state index contributed by atoms with van der Waals surface area (Å²) in [4.78, 5) is 38.7. The molecule has 1 aliphatic rings.